The van der Waals surface area contributed by atoms with Gasteiger partial charge in [-0.05, 0) is 11.1 Å². The van der Waals surface area contributed by atoms with Gasteiger partial charge in [0.15, 0.2) is 0 Å². The van der Waals surface area contributed by atoms with E-state index < -0.39 is 6.09 Å². The van der Waals surface area contributed by atoms with E-state index in [0.29, 0.717) is 12.8 Å². The summed E-state index contributed by atoms with van der Waals surface area (Å²) in [5.74, 6) is -0.167. The molecule has 1 saturated heterocycles. The van der Waals surface area contributed by atoms with Crippen LogP contribution < -0.4 is 0 Å². The molecular weight excluding hydrogens is 218 g/mol. The molecule has 2 aliphatic rings. The highest BCUT2D eigenvalue weighted by Gasteiger charge is 2.49. The molecule has 1 aromatic rings. The zero-order valence-corrected chi connectivity index (χ0v) is 9.55. The molecule has 17 heavy (non-hydrogen) atoms. The molecule has 0 radical (unpaired) electrons. The molecule has 1 aromatic carbocycles. The van der Waals surface area contributed by atoms with E-state index in [2.05, 4.69) is 0 Å². The lowest BCUT2D eigenvalue weighted by atomic mass is 10.1. The van der Waals surface area contributed by atoms with Crippen LogP contribution in [-0.2, 0) is 16.0 Å². The highest BCUT2D eigenvalue weighted by atomic mass is 16.6. The van der Waals surface area contributed by atoms with Gasteiger partial charge in [-0.15, -0.1) is 0 Å². The molecule has 0 N–H and O–H groups in total. The average Bonchev–Trinajstić information content (AvgIpc) is 2.82. The molecule has 0 unspecified atom stereocenters. The normalized spacial score (nSPS) is 25.5. The molecule has 1 aliphatic carbocycles. The summed E-state index contributed by atoms with van der Waals surface area (Å²) in [4.78, 5) is 24.8. The van der Waals surface area contributed by atoms with Crippen molar-refractivity contribution in [2.75, 3.05) is 0 Å². The number of benzene rings is 1. The van der Waals surface area contributed by atoms with Crippen LogP contribution in [-0.4, -0.2) is 23.0 Å². The van der Waals surface area contributed by atoms with Gasteiger partial charge in [0.25, 0.3) is 0 Å². The first-order valence-corrected chi connectivity index (χ1v) is 5.83. The number of carbonyl (C=O) groups is 2. The van der Waals surface area contributed by atoms with Crippen molar-refractivity contribution in [1.29, 1.82) is 0 Å². The topological polar surface area (TPSA) is 46.6 Å². The van der Waals surface area contributed by atoms with Crippen LogP contribution in [0.25, 0.3) is 0 Å². The second-order valence-corrected chi connectivity index (χ2v) is 4.39. The summed E-state index contributed by atoms with van der Waals surface area (Å²) in [5, 5.41) is 0. The molecule has 4 nitrogen and oxygen atoms in total. The van der Waals surface area contributed by atoms with Crippen molar-refractivity contribution in [1.82, 2.24) is 4.90 Å². The first-order chi connectivity index (χ1) is 8.22. The lowest BCUT2D eigenvalue weighted by Gasteiger charge is -2.18. The fourth-order valence-electron chi connectivity index (χ4n) is 2.68. The van der Waals surface area contributed by atoms with Crippen LogP contribution in [0.2, 0.25) is 0 Å². The highest BCUT2D eigenvalue weighted by Crippen LogP contribution is 2.42. The number of carbonyl (C=O) groups excluding carboxylic acids is 2. The van der Waals surface area contributed by atoms with E-state index in [4.69, 9.17) is 4.74 Å². The van der Waals surface area contributed by atoms with Gasteiger partial charge in [-0.3, -0.25) is 4.79 Å². The first kappa shape index (κ1) is 10.3. The van der Waals surface area contributed by atoms with Crippen molar-refractivity contribution < 1.29 is 14.3 Å². The maximum Gasteiger partial charge on any atom is 0.417 e. The van der Waals surface area contributed by atoms with Gasteiger partial charge in [-0.25, -0.2) is 9.69 Å². The number of ether oxygens (including phenoxy) is 1. The van der Waals surface area contributed by atoms with Crippen molar-refractivity contribution in [2.24, 2.45) is 0 Å². The predicted molar refractivity (Wildman–Crippen MR) is 60.3 cm³/mol. The van der Waals surface area contributed by atoms with Gasteiger partial charge in [0.2, 0.25) is 5.91 Å². The Hall–Kier alpha value is -1.84. The number of fused-ring (bicyclic) bond motifs is 3. The molecular formula is C13H13NO3. The van der Waals surface area contributed by atoms with E-state index in [9.17, 15) is 9.59 Å². The second-order valence-electron chi connectivity index (χ2n) is 4.39. The van der Waals surface area contributed by atoms with Crippen LogP contribution in [0.3, 0.4) is 0 Å². The predicted octanol–water partition coefficient (Wildman–Crippen LogP) is 2.04. The van der Waals surface area contributed by atoms with Crippen LogP contribution in [0.1, 0.15) is 30.5 Å². The minimum Gasteiger partial charge on any atom is -0.443 e. The summed E-state index contributed by atoms with van der Waals surface area (Å²) in [5.41, 5.74) is 2.22. The number of rotatable bonds is 1. The Bertz CT molecular complexity index is 489. The first-order valence-electron chi connectivity index (χ1n) is 5.83. The number of hydrogen-bond acceptors (Lipinski definition) is 3. The fourth-order valence-corrected chi connectivity index (χ4v) is 2.68. The van der Waals surface area contributed by atoms with E-state index in [-0.39, 0.29) is 18.1 Å². The lowest BCUT2D eigenvalue weighted by Crippen LogP contribution is -2.33. The number of nitrogens with zero attached hydrogens (tertiary/aromatic N) is 1. The molecule has 1 heterocycles. The minimum absolute atomic E-state index is 0.167. The van der Waals surface area contributed by atoms with Crippen molar-refractivity contribution in [3.8, 4) is 0 Å². The molecule has 1 fully saturated rings. The second kappa shape index (κ2) is 3.58. The van der Waals surface area contributed by atoms with E-state index in [0.717, 1.165) is 5.56 Å². The van der Waals surface area contributed by atoms with Crippen LogP contribution in [0.15, 0.2) is 24.3 Å². The average molecular weight is 231 g/mol. The molecule has 0 bridgehead atoms. The SMILES string of the molecule is CCC(=O)N1C(=O)O[C@@H]2Cc3ccccc3[C@@H]21. The molecule has 4 heteroatoms. The van der Waals surface area contributed by atoms with Crippen molar-refractivity contribution in [2.45, 2.75) is 31.9 Å². The van der Waals surface area contributed by atoms with E-state index in [1.54, 1.807) is 6.92 Å². The standard InChI is InChI=1S/C13H13NO3/c1-2-11(15)14-12-9-6-4-3-5-8(9)7-10(12)17-13(14)16/h3-6,10,12H,2,7H2,1H3/t10-,12+/m1/s1. The zero-order chi connectivity index (χ0) is 12.0. The lowest BCUT2D eigenvalue weighted by molar-refractivity contribution is -0.129. The van der Waals surface area contributed by atoms with Gasteiger partial charge in [-0.2, -0.15) is 0 Å². The molecule has 0 saturated carbocycles. The summed E-state index contributed by atoms with van der Waals surface area (Å²) in [6, 6.07) is 7.67. The monoisotopic (exact) mass is 231 g/mol. The molecule has 88 valence electrons. The largest absolute Gasteiger partial charge is 0.443 e. The van der Waals surface area contributed by atoms with Crippen molar-refractivity contribution in [3.63, 3.8) is 0 Å². The van der Waals surface area contributed by atoms with Crippen molar-refractivity contribution in [3.05, 3.63) is 35.4 Å². The highest BCUT2D eigenvalue weighted by molar-refractivity contribution is 5.94. The van der Waals surface area contributed by atoms with Gasteiger partial charge in [-0.1, -0.05) is 31.2 Å². The minimum atomic E-state index is -0.499. The fraction of sp³-hybridized carbons (Fsp3) is 0.385. The number of imide groups is 1. The Labute approximate surface area is 99.2 Å². The number of hydrogen-bond donors (Lipinski definition) is 0. The van der Waals surface area contributed by atoms with Gasteiger partial charge in [0.05, 0.1) is 0 Å². The summed E-state index contributed by atoms with van der Waals surface area (Å²) in [6.07, 6.45) is 0.331. The van der Waals surface area contributed by atoms with E-state index in [1.807, 2.05) is 24.3 Å². The quantitative estimate of drug-likeness (QED) is 0.743. The smallest absolute Gasteiger partial charge is 0.417 e. The van der Waals surface area contributed by atoms with Crippen LogP contribution in [0.5, 0.6) is 0 Å². The van der Waals surface area contributed by atoms with Gasteiger partial charge >= 0.3 is 6.09 Å². The third-order valence-electron chi connectivity index (χ3n) is 3.45. The Morgan fingerprint density at radius 3 is 3.00 bits per heavy atom. The maximum absolute atomic E-state index is 11.8. The zero-order valence-electron chi connectivity index (χ0n) is 9.55. The summed E-state index contributed by atoms with van der Waals surface area (Å²) in [6.45, 7) is 1.75. The van der Waals surface area contributed by atoms with Gasteiger partial charge in [0.1, 0.15) is 12.1 Å². The molecule has 0 spiro atoms. The molecule has 1 aliphatic heterocycles. The third kappa shape index (κ3) is 1.37. The molecule has 2 amide bonds. The third-order valence-corrected chi connectivity index (χ3v) is 3.45. The van der Waals surface area contributed by atoms with E-state index >= 15 is 0 Å². The van der Waals surface area contributed by atoms with Crippen LogP contribution >= 0.6 is 0 Å². The van der Waals surface area contributed by atoms with Gasteiger partial charge < -0.3 is 4.74 Å². The summed E-state index contributed by atoms with van der Waals surface area (Å²) >= 11 is 0. The van der Waals surface area contributed by atoms with Crippen LogP contribution in [0.4, 0.5) is 4.79 Å². The van der Waals surface area contributed by atoms with E-state index in [1.165, 1.54) is 10.5 Å². The Morgan fingerprint density at radius 2 is 2.24 bits per heavy atom. The summed E-state index contributed by atoms with van der Waals surface area (Å²) in [7, 11) is 0. The van der Waals surface area contributed by atoms with Gasteiger partial charge in [0, 0.05) is 12.8 Å². The summed E-state index contributed by atoms with van der Waals surface area (Å²) < 4.78 is 5.27. The molecule has 3 rings (SSSR count). The molecule has 2 atom stereocenters. The number of amides is 2. The Balaban J connectivity index is 2.03. The maximum atomic E-state index is 11.8. The van der Waals surface area contributed by atoms with Crippen LogP contribution in [0, 0.1) is 0 Å². The van der Waals surface area contributed by atoms with Crippen molar-refractivity contribution >= 4 is 12.0 Å². The molecule has 0 aromatic heterocycles. The Morgan fingerprint density at radius 1 is 1.47 bits per heavy atom. The Kier molecular flexibility index (Phi) is 2.18.